The van der Waals surface area contributed by atoms with Crippen LogP contribution in [0.1, 0.15) is 28.9 Å². The number of hydrogen-bond acceptors (Lipinski definition) is 8. The minimum absolute atomic E-state index is 0.0596. The SMILES string of the molecule is [2H]C([2H])([2H])C([2H])(C([2H])([2H])[2H])S(=O)(=O)c1ccc(-c2cnc(N)c(-c3cc(-c4ccc(CNC)cc4)no3)n2)cc1. The largest absolute Gasteiger partial charge is 0.382 e. The molecule has 0 spiro atoms. The summed E-state index contributed by atoms with van der Waals surface area (Å²) in [6, 6.07) is 14.0. The van der Waals surface area contributed by atoms with Gasteiger partial charge in [-0.25, -0.2) is 18.4 Å². The zero-order valence-electron chi connectivity index (χ0n) is 24.5. The first-order chi connectivity index (χ1) is 18.6. The molecule has 3 N–H and O–H groups in total. The van der Waals surface area contributed by atoms with E-state index in [9.17, 15) is 8.42 Å². The number of aromatic nitrogens is 3. The summed E-state index contributed by atoms with van der Waals surface area (Å²) >= 11 is 0. The topological polar surface area (TPSA) is 124 Å². The van der Waals surface area contributed by atoms with E-state index in [1.807, 2.05) is 31.3 Å². The third-order valence-electron chi connectivity index (χ3n) is 4.90. The summed E-state index contributed by atoms with van der Waals surface area (Å²) in [6.45, 7) is -6.56. The predicted octanol–water partition coefficient (Wildman–Crippen LogP) is 3.95. The molecule has 0 aliphatic carbocycles. The standard InChI is InChI=1S/C24H25N5O3S/c1-15(2)33(30,31)19-10-8-18(9-11-19)21-14-27-24(25)23(28-21)22-12-20(29-32-22)17-6-4-16(5-7-17)13-26-3/h4-12,14-15,26H,13H2,1-3H3,(H2,25,27)/i1D3,2D3,15D. The molecule has 4 rings (SSSR count). The summed E-state index contributed by atoms with van der Waals surface area (Å²) < 4.78 is 84.6. The van der Waals surface area contributed by atoms with Crippen LogP contribution in [0.5, 0.6) is 0 Å². The minimum atomic E-state index is -5.14. The van der Waals surface area contributed by atoms with E-state index >= 15 is 0 Å². The lowest BCUT2D eigenvalue weighted by atomic mass is 10.1. The van der Waals surface area contributed by atoms with Gasteiger partial charge in [-0.3, -0.25) is 0 Å². The predicted molar refractivity (Wildman–Crippen MR) is 128 cm³/mol. The molecule has 2 aromatic heterocycles. The molecule has 2 heterocycles. The maximum Gasteiger partial charge on any atom is 0.189 e. The fourth-order valence-corrected chi connectivity index (χ4v) is 3.89. The van der Waals surface area contributed by atoms with E-state index in [1.165, 1.54) is 18.3 Å². The monoisotopic (exact) mass is 470 g/mol. The number of benzene rings is 2. The van der Waals surface area contributed by atoms with Gasteiger partial charge in [0.1, 0.15) is 5.69 Å². The quantitative estimate of drug-likeness (QED) is 0.416. The van der Waals surface area contributed by atoms with Gasteiger partial charge in [0.25, 0.3) is 0 Å². The van der Waals surface area contributed by atoms with E-state index in [-0.39, 0.29) is 23.0 Å². The molecule has 0 atom stereocenters. The first-order valence-electron chi connectivity index (χ1n) is 13.3. The molecule has 0 radical (unpaired) electrons. The Bertz CT molecular complexity index is 1600. The molecule has 8 nitrogen and oxygen atoms in total. The van der Waals surface area contributed by atoms with Crippen LogP contribution in [0.25, 0.3) is 34.0 Å². The summed E-state index contributed by atoms with van der Waals surface area (Å²) in [4.78, 5) is 7.99. The van der Waals surface area contributed by atoms with Crippen molar-refractivity contribution in [3.63, 3.8) is 0 Å². The molecule has 0 amide bonds. The second-order valence-corrected chi connectivity index (χ2v) is 9.04. The molecule has 0 saturated heterocycles. The van der Waals surface area contributed by atoms with E-state index < -0.39 is 33.7 Å². The highest BCUT2D eigenvalue weighted by Gasteiger charge is 2.20. The summed E-state index contributed by atoms with van der Waals surface area (Å²) in [5.41, 5.74) is 9.33. The van der Waals surface area contributed by atoms with E-state index in [2.05, 4.69) is 20.4 Å². The summed E-state index contributed by atoms with van der Waals surface area (Å²) in [5.74, 6) is 0.305. The number of sulfone groups is 1. The summed E-state index contributed by atoms with van der Waals surface area (Å²) in [5, 5.41) is 3.40. The molecule has 170 valence electrons. The number of nitrogen functional groups attached to an aromatic ring is 1. The Hall–Kier alpha value is -3.56. The second kappa shape index (κ2) is 9.13. The van der Waals surface area contributed by atoms with Crippen LogP contribution in [-0.4, -0.2) is 35.8 Å². The van der Waals surface area contributed by atoms with Gasteiger partial charge in [-0.15, -0.1) is 0 Å². The van der Waals surface area contributed by atoms with Crippen molar-refractivity contribution in [2.45, 2.75) is 30.4 Å². The highest BCUT2D eigenvalue weighted by molar-refractivity contribution is 7.92. The molecule has 0 bridgehead atoms. The lowest BCUT2D eigenvalue weighted by Crippen LogP contribution is -2.13. The van der Waals surface area contributed by atoms with Gasteiger partial charge in [0.05, 0.1) is 22.0 Å². The van der Waals surface area contributed by atoms with Gasteiger partial charge >= 0.3 is 0 Å². The van der Waals surface area contributed by atoms with Crippen molar-refractivity contribution in [2.24, 2.45) is 0 Å². The molecule has 0 aliphatic rings. The molecule has 0 fully saturated rings. The van der Waals surface area contributed by atoms with Crippen LogP contribution in [-0.2, 0) is 16.4 Å². The zero-order valence-corrected chi connectivity index (χ0v) is 18.3. The van der Waals surface area contributed by atoms with Crippen molar-refractivity contribution in [3.8, 4) is 34.0 Å². The first kappa shape index (κ1) is 15.3. The zero-order chi connectivity index (χ0) is 29.5. The van der Waals surface area contributed by atoms with Crippen molar-refractivity contribution in [1.29, 1.82) is 0 Å². The Morgan fingerprint density at radius 2 is 1.76 bits per heavy atom. The van der Waals surface area contributed by atoms with Crippen LogP contribution >= 0.6 is 0 Å². The second-order valence-electron chi connectivity index (χ2n) is 7.15. The smallest absolute Gasteiger partial charge is 0.189 e. The Balaban J connectivity index is 1.66. The van der Waals surface area contributed by atoms with Gasteiger partial charge in [-0.2, -0.15) is 0 Å². The molecule has 0 saturated carbocycles. The average Bonchev–Trinajstić information content (AvgIpc) is 3.38. The van der Waals surface area contributed by atoms with Crippen LogP contribution in [0.15, 0.2) is 70.2 Å². The summed E-state index contributed by atoms with van der Waals surface area (Å²) in [7, 11) is -3.29. The number of anilines is 1. The van der Waals surface area contributed by atoms with E-state index in [4.69, 9.17) is 19.9 Å². The van der Waals surface area contributed by atoms with Gasteiger partial charge < -0.3 is 15.6 Å². The van der Waals surface area contributed by atoms with Crippen molar-refractivity contribution in [1.82, 2.24) is 20.4 Å². The lowest BCUT2D eigenvalue weighted by Gasteiger charge is -2.09. The van der Waals surface area contributed by atoms with Crippen LogP contribution in [0.2, 0.25) is 0 Å². The van der Waals surface area contributed by atoms with Gasteiger partial charge in [0, 0.05) is 33.3 Å². The van der Waals surface area contributed by atoms with Gasteiger partial charge in [0.15, 0.2) is 27.1 Å². The molecule has 33 heavy (non-hydrogen) atoms. The average molecular weight is 471 g/mol. The highest BCUT2D eigenvalue weighted by atomic mass is 32.2. The fourth-order valence-electron chi connectivity index (χ4n) is 3.16. The normalized spacial score (nSPS) is 16.0. The van der Waals surface area contributed by atoms with E-state index in [0.29, 0.717) is 11.3 Å². The van der Waals surface area contributed by atoms with Gasteiger partial charge in [-0.05, 0) is 38.4 Å². The van der Waals surface area contributed by atoms with Crippen molar-refractivity contribution in [3.05, 3.63) is 66.4 Å². The molecule has 4 aromatic rings. The molecule has 0 aliphatic heterocycles. The Morgan fingerprint density at radius 1 is 1.09 bits per heavy atom. The van der Waals surface area contributed by atoms with E-state index in [0.717, 1.165) is 29.8 Å². The number of nitrogens with two attached hydrogens (primary N) is 1. The minimum Gasteiger partial charge on any atom is -0.382 e. The third-order valence-corrected chi connectivity index (χ3v) is 6.33. The summed E-state index contributed by atoms with van der Waals surface area (Å²) in [6.07, 6.45) is 1.35. The number of hydrogen-bond donors (Lipinski definition) is 2. The van der Waals surface area contributed by atoms with Crippen molar-refractivity contribution in [2.75, 3.05) is 12.8 Å². The lowest BCUT2D eigenvalue weighted by molar-refractivity contribution is 0.434. The number of nitrogens with zero attached hydrogens (tertiary/aromatic N) is 3. The van der Waals surface area contributed by atoms with Crippen LogP contribution in [0, 0.1) is 0 Å². The van der Waals surface area contributed by atoms with E-state index in [1.54, 1.807) is 6.07 Å². The maximum atomic E-state index is 13.1. The number of nitrogens with one attached hydrogen (secondary N) is 1. The molecular formula is C24H25N5O3S. The first-order valence-corrected chi connectivity index (χ1v) is 11.3. The number of rotatable bonds is 7. The highest BCUT2D eigenvalue weighted by Crippen LogP contribution is 2.30. The van der Waals surface area contributed by atoms with Crippen LogP contribution in [0.4, 0.5) is 5.82 Å². The van der Waals surface area contributed by atoms with Crippen LogP contribution < -0.4 is 11.1 Å². The molecular weight excluding hydrogens is 438 g/mol. The Kier molecular flexibility index (Phi) is 4.23. The Labute approximate surface area is 202 Å². The van der Waals surface area contributed by atoms with Crippen LogP contribution in [0.3, 0.4) is 0 Å². The van der Waals surface area contributed by atoms with Gasteiger partial charge in [0.2, 0.25) is 0 Å². The third kappa shape index (κ3) is 4.64. The fraction of sp³-hybridized carbons (Fsp3) is 0.208. The van der Waals surface area contributed by atoms with Crippen molar-refractivity contribution < 1.29 is 22.5 Å². The molecule has 9 heteroatoms. The molecule has 2 aromatic carbocycles. The maximum absolute atomic E-state index is 13.1. The Morgan fingerprint density at radius 3 is 2.42 bits per heavy atom. The van der Waals surface area contributed by atoms with Gasteiger partial charge in [-0.1, -0.05) is 41.6 Å². The molecule has 0 unspecified atom stereocenters. The van der Waals surface area contributed by atoms with Crippen molar-refractivity contribution >= 4 is 15.7 Å².